The molecule has 0 atom stereocenters. The van der Waals surface area contributed by atoms with Crippen LogP contribution in [0.25, 0.3) is 22.0 Å². The second-order valence-corrected chi connectivity index (χ2v) is 6.35. The highest BCUT2D eigenvalue weighted by Gasteiger charge is 2.12. The lowest BCUT2D eigenvalue weighted by Gasteiger charge is -2.07. The maximum Gasteiger partial charge on any atom is 0.141 e. The van der Waals surface area contributed by atoms with Crippen LogP contribution in [-0.4, -0.2) is 9.55 Å². The third kappa shape index (κ3) is 2.96. The number of imidazole rings is 1. The zero-order valence-electron chi connectivity index (χ0n) is 12.6. The van der Waals surface area contributed by atoms with Gasteiger partial charge in [0.2, 0.25) is 0 Å². The van der Waals surface area contributed by atoms with E-state index in [4.69, 9.17) is 4.98 Å². The second kappa shape index (κ2) is 6.23. The van der Waals surface area contributed by atoms with Crippen molar-refractivity contribution in [3.63, 3.8) is 0 Å². The molecule has 0 fully saturated rings. The van der Waals surface area contributed by atoms with Gasteiger partial charge in [-0.05, 0) is 17.0 Å². The predicted molar refractivity (Wildman–Crippen MR) is 96.5 cm³/mol. The van der Waals surface area contributed by atoms with Crippen LogP contribution in [0.15, 0.2) is 84.4 Å². The zero-order chi connectivity index (χ0) is 15.5. The molecule has 0 spiro atoms. The maximum atomic E-state index is 4.89. The number of benzene rings is 2. The zero-order valence-corrected chi connectivity index (χ0v) is 13.4. The normalized spacial score (nSPS) is 10.8. The van der Waals surface area contributed by atoms with E-state index in [1.165, 1.54) is 10.4 Å². The first kappa shape index (κ1) is 14.0. The summed E-state index contributed by atoms with van der Waals surface area (Å²) < 4.78 is 2.24. The molecule has 0 saturated heterocycles. The summed E-state index contributed by atoms with van der Waals surface area (Å²) in [6.07, 6.45) is 2.15. The number of nitrogens with zero attached hydrogens (tertiary/aromatic N) is 2. The monoisotopic (exact) mass is 316 g/mol. The molecule has 2 aromatic carbocycles. The molecule has 112 valence electrons. The lowest BCUT2D eigenvalue weighted by atomic mass is 10.2. The highest BCUT2D eigenvalue weighted by atomic mass is 32.1. The van der Waals surface area contributed by atoms with Crippen LogP contribution in [0.3, 0.4) is 0 Å². The van der Waals surface area contributed by atoms with Crippen molar-refractivity contribution in [2.24, 2.45) is 0 Å². The molecule has 0 amide bonds. The van der Waals surface area contributed by atoms with Crippen LogP contribution in [0.4, 0.5) is 0 Å². The molecule has 0 saturated carbocycles. The quantitative estimate of drug-likeness (QED) is 0.498. The average Bonchev–Trinajstić information content (AvgIpc) is 3.26. The molecule has 2 nitrogen and oxygen atoms in total. The van der Waals surface area contributed by atoms with Gasteiger partial charge in [0.1, 0.15) is 5.82 Å². The fourth-order valence-electron chi connectivity index (χ4n) is 2.68. The van der Waals surface area contributed by atoms with Gasteiger partial charge in [-0.2, -0.15) is 0 Å². The molecule has 0 N–H and O–H groups in total. The van der Waals surface area contributed by atoms with E-state index >= 15 is 0 Å². The van der Waals surface area contributed by atoms with Crippen molar-refractivity contribution in [1.29, 1.82) is 0 Å². The standard InChI is InChI=1S/C20H16N2S/c1-3-8-16(9-4-1)14-22-15-18(19-12-7-13-23-19)21-20(22)17-10-5-2-6-11-17/h1-13,15H,14H2. The van der Waals surface area contributed by atoms with Crippen molar-refractivity contribution in [2.45, 2.75) is 6.54 Å². The fraction of sp³-hybridized carbons (Fsp3) is 0.0500. The molecule has 0 unspecified atom stereocenters. The molecule has 23 heavy (non-hydrogen) atoms. The van der Waals surface area contributed by atoms with Gasteiger partial charge in [-0.25, -0.2) is 4.98 Å². The minimum Gasteiger partial charge on any atom is -0.326 e. The minimum atomic E-state index is 0.823. The van der Waals surface area contributed by atoms with Crippen LogP contribution in [0.1, 0.15) is 5.56 Å². The summed E-state index contributed by atoms with van der Waals surface area (Å²) in [7, 11) is 0. The Bertz CT molecular complexity index is 878. The fourth-order valence-corrected chi connectivity index (χ4v) is 3.36. The summed E-state index contributed by atoms with van der Waals surface area (Å²) in [5, 5.41) is 2.09. The summed E-state index contributed by atoms with van der Waals surface area (Å²) in [5.74, 6) is 1.01. The average molecular weight is 316 g/mol. The van der Waals surface area contributed by atoms with Crippen molar-refractivity contribution in [3.8, 4) is 22.0 Å². The number of hydrogen-bond acceptors (Lipinski definition) is 2. The number of hydrogen-bond donors (Lipinski definition) is 0. The molecule has 3 heteroatoms. The summed E-state index contributed by atoms with van der Waals surface area (Å²) in [6.45, 7) is 0.823. The van der Waals surface area contributed by atoms with E-state index in [2.05, 4.69) is 76.8 Å². The topological polar surface area (TPSA) is 17.8 Å². The molecule has 0 aliphatic rings. The van der Waals surface area contributed by atoms with E-state index < -0.39 is 0 Å². The maximum absolute atomic E-state index is 4.89. The van der Waals surface area contributed by atoms with E-state index in [0.717, 1.165) is 23.6 Å². The van der Waals surface area contributed by atoms with Gasteiger partial charge in [0, 0.05) is 18.3 Å². The molecule has 0 aliphatic heterocycles. The SMILES string of the molecule is c1ccc(Cn2cc(-c3cccs3)nc2-c2ccccc2)cc1. The Hall–Kier alpha value is -2.65. The Kier molecular flexibility index (Phi) is 3.78. The summed E-state index contributed by atoms with van der Waals surface area (Å²) in [4.78, 5) is 6.10. The van der Waals surface area contributed by atoms with E-state index in [0.29, 0.717) is 0 Å². The molecule has 0 bridgehead atoms. The third-order valence-corrected chi connectivity index (χ3v) is 4.67. The van der Waals surface area contributed by atoms with Gasteiger partial charge in [-0.3, -0.25) is 0 Å². The molecular formula is C20H16N2S. The van der Waals surface area contributed by atoms with Crippen LogP contribution in [0, 0.1) is 0 Å². The first-order valence-electron chi connectivity index (χ1n) is 7.60. The second-order valence-electron chi connectivity index (χ2n) is 5.41. The smallest absolute Gasteiger partial charge is 0.141 e. The lowest BCUT2D eigenvalue weighted by Crippen LogP contribution is -2.00. The largest absolute Gasteiger partial charge is 0.326 e. The van der Waals surface area contributed by atoms with Gasteiger partial charge in [0.15, 0.2) is 0 Å². The number of thiophene rings is 1. The van der Waals surface area contributed by atoms with Crippen LogP contribution in [-0.2, 0) is 6.54 Å². The van der Waals surface area contributed by atoms with E-state index in [9.17, 15) is 0 Å². The van der Waals surface area contributed by atoms with Crippen molar-refractivity contribution in [1.82, 2.24) is 9.55 Å². The van der Waals surface area contributed by atoms with Gasteiger partial charge in [0.25, 0.3) is 0 Å². The first-order chi connectivity index (χ1) is 11.4. The van der Waals surface area contributed by atoms with Crippen molar-refractivity contribution in [3.05, 3.63) is 89.9 Å². The minimum absolute atomic E-state index is 0.823. The van der Waals surface area contributed by atoms with Crippen LogP contribution in [0.2, 0.25) is 0 Å². The molecule has 2 heterocycles. The van der Waals surface area contributed by atoms with Crippen LogP contribution < -0.4 is 0 Å². The summed E-state index contributed by atoms with van der Waals surface area (Å²) in [5.41, 5.74) is 3.46. The van der Waals surface area contributed by atoms with Gasteiger partial charge in [0.05, 0.1) is 10.6 Å². The molecule has 4 rings (SSSR count). The molecule has 4 aromatic rings. The number of rotatable bonds is 4. The Balaban J connectivity index is 1.79. The molecular weight excluding hydrogens is 300 g/mol. The molecule has 0 aliphatic carbocycles. The van der Waals surface area contributed by atoms with Gasteiger partial charge in [-0.15, -0.1) is 11.3 Å². The molecule has 0 radical (unpaired) electrons. The highest BCUT2D eigenvalue weighted by molar-refractivity contribution is 7.13. The summed E-state index contributed by atoms with van der Waals surface area (Å²) >= 11 is 1.72. The van der Waals surface area contributed by atoms with Crippen LogP contribution >= 0.6 is 11.3 Å². The Morgan fingerprint density at radius 2 is 1.57 bits per heavy atom. The van der Waals surface area contributed by atoms with Gasteiger partial charge < -0.3 is 4.57 Å². The van der Waals surface area contributed by atoms with E-state index in [-0.39, 0.29) is 0 Å². The highest BCUT2D eigenvalue weighted by Crippen LogP contribution is 2.28. The Labute approximate surface area is 139 Å². The van der Waals surface area contributed by atoms with E-state index in [1.54, 1.807) is 11.3 Å². The lowest BCUT2D eigenvalue weighted by molar-refractivity contribution is 0.807. The summed E-state index contributed by atoms with van der Waals surface area (Å²) in [6, 6.07) is 25.1. The molecule has 2 aromatic heterocycles. The third-order valence-electron chi connectivity index (χ3n) is 3.78. The predicted octanol–water partition coefficient (Wildman–Crippen LogP) is 5.33. The first-order valence-corrected chi connectivity index (χ1v) is 8.48. The van der Waals surface area contributed by atoms with Gasteiger partial charge in [-0.1, -0.05) is 66.7 Å². The Morgan fingerprint density at radius 1 is 0.826 bits per heavy atom. The van der Waals surface area contributed by atoms with Crippen molar-refractivity contribution < 1.29 is 0 Å². The van der Waals surface area contributed by atoms with E-state index in [1.807, 2.05) is 12.1 Å². The van der Waals surface area contributed by atoms with Crippen molar-refractivity contribution in [2.75, 3.05) is 0 Å². The Morgan fingerprint density at radius 3 is 2.26 bits per heavy atom. The van der Waals surface area contributed by atoms with Crippen molar-refractivity contribution >= 4 is 11.3 Å². The van der Waals surface area contributed by atoms with Crippen LogP contribution in [0.5, 0.6) is 0 Å². The number of aromatic nitrogens is 2. The van der Waals surface area contributed by atoms with Gasteiger partial charge >= 0.3 is 0 Å².